The second-order valence-electron chi connectivity index (χ2n) is 5.77. The van der Waals surface area contributed by atoms with Crippen molar-refractivity contribution in [3.8, 4) is 0 Å². The highest BCUT2D eigenvalue weighted by molar-refractivity contribution is 7.99. The lowest BCUT2D eigenvalue weighted by molar-refractivity contribution is 0.265. The number of nitrogens with zero attached hydrogens (tertiary/aromatic N) is 1. The molecule has 2 nitrogen and oxygen atoms in total. The minimum Gasteiger partial charge on any atom is -0.328 e. The molecular weight excluding hydrogens is 204 g/mol. The van der Waals surface area contributed by atoms with Crippen LogP contribution in [0.4, 0.5) is 0 Å². The first-order chi connectivity index (χ1) is 6.97. The van der Waals surface area contributed by atoms with Crippen LogP contribution in [-0.4, -0.2) is 42.1 Å². The van der Waals surface area contributed by atoms with Gasteiger partial charge in [0.15, 0.2) is 0 Å². The molecule has 1 aliphatic rings. The molecule has 0 aliphatic carbocycles. The van der Waals surface area contributed by atoms with Gasteiger partial charge in [0, 0.05) is 30.6 Å². The van der Waals surface area contributed by atoms with Crippen LogP contribution in [0.15, 0.2) is 0 Å². The molecule has 1 unspecified atom stereocenters. The Morgan fingerprint density at radius 2 is 1.87 bits per heavy atom. The molecule has 0 aromatic rings. The van der Waals surface area contributed by atoms with Crippen LogP contribution in [0.3, 0.4) is 0 Å². The van der Waals surface area contributed by atoms with Gasteiger partial charge in [-0.1, -0.05) is 20.8 Å². The van der Waals surface area contributed by atoms with Gasteiger partial charge in [-0.3, -0.25) is 0 Å². The Labute approximate surface area is 99.0 Å². The predicted molar refractivity (Wildman–Crippen MR) is 70.4 cm³/mol. The molecule has 0 saturated carbocycles. The Kier molecular flexibility index (Phi) is 5.44. The number of hydrogen-bond acceptors (Lipinski definition) is 3. The van der Waals surface area contributed by atoms with Gasteiger partial charge >= 0.3 is 0 Å². The third-order valence-electron chi connectivity index (χ3n) is 2.79. The van der Waals surface area contributed by atoms with Gasteiger partial charge < -0.3 is 10.6 Å². The predicted octanol–water partition coefficient (Wildman–Crippen LogP) is 2.19. The van der Waals surface area contributed by atoms with Crippen molar-refractivity contribution in [1.29, 1.82) is 0 Å². The lowest BCUT2D eigenvalue weighted by Crippen LogP contribution is -2.37. The van der Waals surface area contributed by atoms with Gasteiger partial charge in [0.05, 0.1) is 0 Å². The van der Waals surface area contributed by atoms with E-state index in [0.717, 1.165) is 12.8 Å². The second kappa shape index (κ2) is 6.12. The van der Waals surface area contributed by atoms with Crippen molar-refractivity contribution in [2.24, 2.45) is 11.1 Å². The number of rotatable bonds is 4. The molecule has 3 heteroatoms. The van der Waals surface area contributed by atoms with E-state index >= 15 is 0 Å². The van der Waals surface area contributed by atoms with Crippen molar-refractivity contribution >= 4 is 11.8 Å². The van der Waals surface area contributed by atoms with Crippen LogP contribution in [0.5, 0.6) is 0 Å². The average molecular weight is 230 g/mol. The standard InChI is InChI=1S/C12H26N2S/c1-12(2,3)10-11(13)4-5-14-6-8-15-9-7-14/h11H,4-10,13H2,1-3H3. The monoisotopic (exact) mass is 230 g/mol. The zero-order chi connectivity index (χ0) is 11.3. The topological polar surface area (TPSA) is 29.3 Å². The summed E-state index contributed by atoms with van der Waals surface area (Å²) in [5.41, 5.74) is 6.52. The molecule has 0 amide bonds. The maximum absolute atomic E-state index is 6.15. The fourth-order valence-electron chi connectivity index (χ4n) is 2.06. The van der Waals surface area contributed by atoms with Crippen LogP contribution in [0.2, 0.25) is 0 Å². The smallest absolute Gasteiger partial charge is 0.00727 e. The van der Waals surface area contributed by atoms with Crippen molar-refractivity contribution in [2.75, 3.05) is 31.1 Å². The van der Waals surface area contributed by atoms with E-state index in [0.29, 0.717) is 11.5 Å². The number of nitrogens with two attached hydrogens (primary N) is 1. The van der Waals surface area contributed by atoms with Crippen LogP contribution in [0.25, 0.3) is 0 Å². The lowest BCUT2D eigenvalue weighted by Gasteiger charge is -2.29. The Hall–Kier alpha value is 0.270. The first-order valence-electron chi connectivity index (χ1n) is 6.03. The molecule has 1 atom stereocenters. The summed E-state index contributed by atoms with van der Waals surface area (Å²) in [7, 11) is 0. The first-order valence-corrected chi connectivity index (χ1v) is 7.18. The summed E-state index contributed by atoms with van der Waals surface area (Å²) in [5.74, 6) is 2.60. The minimum absolute atomic E-state index is 0.372. The van der Waals surface area contributed by atoms with E-state index < -0.39 is 0 Å². The van der Waals surface area contributed by atoms with E-state index in [9.17, 15) is 0 Å². The molecule has 1 heterocycles. The molecule has 0 bridgehead atoms. The molecule has 0 aromatic carbocycles. The maximum atomic E-state index is 6.15. The lowest BCUT2D eigenvalue weighted by atomic mass is 9.87. The molecule has 1 saturated heterocycles. The third-order valence-corrected chi connectivity index (χ3v) is 3.74. The zero-order valence-electron chi connectivity index (χ0n) is 10.5. The molecular formula is C12H26N2S. The molecule has 0 spiro atoms. The molecule has 0 aromatic heterocycles. The Bertz CT molecular complexity index is 171. The van der Waals surface area contributed by atoms with Crippen LogP contribution >= 0.6 is 11.8 Å². The van der Waals surface area contributed by atoms with Gasteiger partial charge in [0.25, 0.3) is 0 Å². The van der Waals surface area contributed by atoms with Crippen molar-refractivity contribution in [3.63, 3.8) is 0 Å². The molecule has 90 valence electrons. The van der Waals surface area contributed by atoms with Crippen molar-refractivity contribution in [2.45, 2.75) is 39.7 Å². The first kappa shape index (κ1) is 13.3. The summed E-state index contributed by atoms with van der Waals surface area (Å²) in [6.45, 7) is 10.5. The van der Waals surface area contributed by atoms with E-state index in [4.69, 9.17) is 5.73 Å². The molecule has 2 N–H and O–H groups in total. The highest BCUT2D eigenvalue weighted by Gasteiger charge is 2.17. The summed E-state index contributed by atoms with van der Waals surface area (Å²) in [4.78, 5) is 2.55. The molecule has 15 heavy (non-hydrogen) atoms. The Balaban J connectivity index is 2.12. The Morgan fingerprint density at radius 1 is 1.27 bits per heavy atom. The van der Waals surface area contributed by atoms with Crippen molar-refractivity contribution < 1.29 is 0 Å². The summed E-state index contributed by atoms with van der Waals surface area (Å²) < 4.78 is 0. The fraction of sp³-hybridized carbons (Fsp3) is 1.00. The highest BCUT2D eigenvalue weighted by Crippen LogP contribution is 2.21. The van der Waals surface area contributed by atoms with Crippen LogP contribution in [0.1, 0.15) is 33.6 Å². The largest absolute Gasteiger partial charge is 0.328 e. The molecule has 1 fully saturated rings. The summed E-state index contributed by atoms with van der Waals surface area (Å²) in [6.07, 6.45) is 2.29. The maximum Gasteiger partial charge on any atom is 0.00727 e. The van der Waals surface area contributed by atoms with Crippen molar-refractivity contribution in [3.05, 3.63) is 0 Å². The molecule has 1 rings (SSSR count). The van der Waals surface area contributed by atoms with Gasteiger partial charge in [-0.2, -0.15) is 11.8 Å². The fourth-order valence-corrected chi connectivity index (χ4v) is 3.04. The highest BCUT2D eigenvalue weighted by atomic mass is 32.2. The van der Waals surface area contributed by atoms with Crippen LogP contribution in [-0.2, 0) is 0 Å². The average Bonchev–Trinajstić information content (AvgIpc) is 2.14. The van der Waals surface area contributed by atoms with Crippen molar-refractivity contribution in [1.82, 2.24) is 4.90 Å². The van der Waals surface area contributed by atoms with Gasteiger partial charge in [-0.15, -0.1) is 0 Å². The second-order valence-corrected chi connectivity index (χ2v) is 6.99. The summed E-state index contributed by atoms with van der Waals surface area (Å²) in [6, 6.07) is 0.375. The van der Waals surface area contributed by atoms with E-state index in [2.05, 4.69) is 37.4 Å². The third kappa shape index (κ3) is 6.44. The number of thioether (sulfide) groups is 1. The van der Waals surface area contributed by atoms with E-state index in [1.54, 1.807) is 0 Å². The van der Waals surface area contributed by atoms with E-state index in [1.807, 2.05) is 0 Å². The normalized spacial score (nSPS) is 21.6. The summed E-state index contributed by atoms with van der Waals surface area (Å²) in [5, 5.41) is 0. The SMILES string of the molecule is CC(C)(C)CC(N)CCN1CCSCC1. The van der Waals surface area contributed by atoms with Gasteiger partial charge in [-0.05, 0) is 24.8 Å². The van der Waals surface area contributed by atoms with E-state index in [1.165, 1.54) is 31.1 Å². The quantitative estimate of drug-likeness (QED) is 0.803. The number of hydrogen-bond donors (Lipinski definition) is 1. The summed E-state index contributed by atoms with van der Waals surface area (Å²) >= 11 is 2.07. The molecule has 0 radical (unpaired) electrons. The van der Waals surface area contributed by atoms with E-state index in [-0.39, 0.29) is 0 Å². The molecule has 1 aliphatic heterocycles. The van der Waals surface area contributed by atoms with Gasteiger partial charge in [0.2, 0.25) is 0 Å². The van der Waals surface area contributed by atoms with Gasteiger partial charge in [0.1, 0.15) is 0 Å². The minimum atomic E-state index is 0.372. The van der Waals surface area contributed by atoms with Gasteiger partial charge in [-0.25, -0.2) is 0 Å². The Morgan fingerprint density at radius 3 is 2.40 bits per heavy atom. The van der Waals surface area contributed by atoms with Crippen LogP contribution < -0.4 is 5.73 Å². The zero-order valence-corrected chi connectivity index (χ0v) is 11.3. The van der Waals surface area contributed by atoms with Crippen LogP contribution in [0, 0.1) is 5.41 Å².